The third-order valence-electron chi connectivity index (χ3n) is 4.96. The first-order valence-electron chi connectivity index (χ1n) is 10.1. The van der Waals surface area contributed by atoms with Gasteiger partial charge in [0, 0.05) is 4.88 Å². The van der Waals surface area contributed by atoms with Crippen molar-refractivity contribution in [3.63, 3.8) is 0 Å². The number of thiocarbonyl (C=S) groups is 1. The first-order valence-corrected chi connectivity index (χ1v) is 11.3. The average Bonchev–Trinajstić information content (AvgIpc) is 3.03. The van der Waals surface area contributed by atoms with Crippen LogP contribution in [0.25, 0.3) is 0 Å². The number of rotatable bonds is 5. The fourth-order valence-corrected chi connectivity index (χ4v) is 5.12. The van der Waals surface area contributed by atoms with Gasteiger partial charge in [0.25, 0.3) is 0 Å². The Bertz CT molecular complexity index is 939. The lowest BCUT2D eigenvalue weighted by Crippen LogP contribution is -2.22. The molecule has 0 atom stereocenters. The van der Waals surface area contributed by atoms with Crippen LogP contribution in [0, 0.1) is 0 Å². The average molecular weight is 447 g/mol. The zero-order chi connectivity index (χ0) is 21.5. The van der Waals surface area contributed by atoms with E-state index in [0.717, 1.165) is 31.2 Å². The summed E-state index contributed by atoms with van der Waals surface area (Å²) < 4.78 is 10.2. The molecule has 1 aliphatic rings. The van der Waals surface area contributed by atoms with Gasteiger partial charge in [-0.25, -0.2) is 9.59 Å². The van der Waals surface area contributed by atoms with E-state index in [1.165, 1.54) is 24.8 Å². The van der Waals surface area contributed by atoms with Gasteiger partial charge in [-0.3, -0.25) is 0 Å². The summed E-state index contributed by atoms with van der Waals surface area (Å²) in [5.74, 6) is -0.775. The maximum absolute atomic E-state index is 12.5. The van der Waals surface area contributed by atoms with Gasteiger partial charge >= 0.3 is 11.9 Å². The Labute approximate surface area is 186 Å². The topological polar surface area (TPSA) is 76.7 Å². The van der Waals surface area contributed by atoms with Gasteiger partial charge in [0.05, 0.1) is 30.5 Å². The molecule has 0 spiro atoms. The van der Waals surface area contributed by atoms with E-state index in [9.17, 15) is 9.59 Å². The first kappa shape index (κ1) is 22.2. The van der Waals surface area contributed by atoms with Crippen LogP contribution in [0.3, 0.4) is 0 Å². The molecule has 6 nitrogen and oxygen atoms in total. The zero-order valence-corrected chi connectivity index (χ0v) is 18.8. The molecule has 0 saturated carbocycles. The van der Waals surface area contributed by atoms with Gasteiger partial charge in [0.15, 0.2) is 5.11 Å². The van der Waals surface area contributed by atoms with Gasteiger partial charge in [-0.2, -0.15) is 0 Å². The molecule has 1 heterocycles. The van der Waals surface area contributed by atoms with E-state index < -0.39 is 5.97 Å². The van der Waals surface area contributed by atoms with Crippen molar-refractivity contribution in [2.45, 2.75) is 45.4 Å². The van der Waals surface area contributed by atoms with Crippen molar-refractivity contribution < 1.29 is 19.1 Å². The molecule has 0 bridgehead atoms. The van der Waals surface area contributed by atoms with Crippen molar-refractivity contribution in [1.82, 2.24) is 0 Å². The Kier molecular flexibility index (Phi) is 7.81. The minimum absolute atomic E-state index is 0.291. The van der Waals surface area contributed by atoms with Crippen molar-refractivity contribution in [3.05, 3.63) is 45.8 Å². The van der Waals surface area contributed by atoms with Crippen LogP contribution in [0.5, 0.6) is 0 Å². The maximum Gasteiger partial charge on any atom is 0.341 e. The van der Waals surface area contributed by atoms with Crippen molar-refractivity contribution >= 4 is 51.3 Å². The number of ether oxygens (including phenoxy) is 2. The molecule has 1 aliphatic carbocycles. The predicted molar refractivity (Wildman–Crippen MR) is 124 cm³/mol. The number of carbonyl (C=O) groups is 2. The Hall–Kier alpha value is -2.45. The quantitative estimate of drug-likeness (QED) is 0.484. The molecule has 160 valence electrons. The van der Waals surface area contributed by atoms with Crippen LogP contribution in [0.4, 0.5) is 10.7 Å². The molecule has 0 fully saturated rings. The van der Waals surface area contributed by atoms with Crippen LogP contribution < -0.4 is 10.6 Å². The number of para-hydroxylation sites is 1. The number of anilines is 2. The molecule has 1 aromatic carbocycles. The SMILES string of the molecule is CCOC(=O)c1ccccc1NC(=S)Nc1sc2c(c1C(=O)OC)CCCCCC2. The number of hydrogen-bond acceptors (Lipinski definition) is 6. The summed E-state index contributed by atoms with van der Waals surface area (Å²) in [6.45, 7) is 2.05. The number of thiophene rings is 1. The van der Waals surface area contributed by atoms with Gasteiger partial charge in [-0.15, -0.1) is 11.3 Å². The Morgan fingerprint density at radius 2 is 1.80 bits per heavy atom. The molecule has 0 radical (unpaired) electrons. The number of nitrogens with one attached hydrogen (secondary N) is 2. The lowest BCUT2D eigenvalue weighted by atomic mass is 9.96. The summed E-state index contributed by atoms with van der Waals surface area (Å²) in [5.41, 5.74) is 2.59. The van der Waals surface area contributed by atoms with Crippen molar-refractivity contribution in [2.24, 2.45) is 0 Å². The molecular weight excluding hydrogens is 420 g/mol. The molecule has 0 unspecified atom stereocenters. The smallest absolute Gasteiger partial charge is 0.341 e. The second-order valence-electron chi connectivity index (χ2n) is 6.96. The summed E-state index contributed by atoms with van der Waals surface area (Å²) in [4.78, 5) is 26.0. The van der Waals surface area contributed by atoms with E-state index in [2.05, 4.69) is 10.6 Å². The largest absolute Gasteiger partial charge is 0.465 e. The number of esters is 2. The molecule has 30 heavy (non-hydrogen) atoms. The number of fused-ring (bicyclic) bond motifs is 1. The summed E-state index contributed by atoms with van der Waals surface area (Å²) in [5, 5.41) is 7.20. The number of methoxy groups -OCH3 is 1. The van der Waals surface area contributed by atoms with E-state index in [-0.39, 0.29) is 5.97 Å². The van der Waals surface area contributed by atoms with Gasteiger partial charge < -0.3 is 20.1 Å². The van der Waals surface area contributed by atoms with E-state index >= 15 is 0 Å². The van der Waals surface area contributed by atoms with Crippen molar-refractivity contribution in [3.8, 4) is 0 Å². The molecule has 1 aromatic heterocycles. The van der Waals surface area contributed by atoms with Crippen LogP contribution in [0.1, 0.15) is 63.8 Å². The Balaban J connectivity index is 1.84. The minimum Gasteiger partial charge on any atom is -0.465 e. The summed E-state index contributed by atoms with van der Waals surface area (Å²) >= 11 is 7.04. The zero-order valence-electron chi connectivity index (χ0n) is 17.2. The number of benzene rings is 1. The normalized spacial score (nSPS) is 13.4. The second-order valence-corrected chi connectivity index (χ2v) is 8.47. The van der Waals surface area contributed by atoms with Crippen LogP contribution in [0.2, 0.25) is 0 Å². The summed E-state index contributed by atoms with van der Waals surface area (Å²) in [6, 6.07) is 7.02. The van der Waals surface area contributed by atoms with Gasteiger partial charge in [0.1, 0.15) is 5.00 Å². The fourth-order valence-electron chi connectivity index (χ4n) is 3.56. The molecule has 2 N–H and O–H groups in total. The van der Waals surface area contributed by atoms with Crippen LogP contribution >= 0.6 is 23.6 Å². The highest BCUT2D eigenvalue weighted by molar-refractivity contribution is 7.80. The Morgan fingerprint density at radius 3 is 2.53 bits per heavy atom. The highest BCUT2D eigenvalue weighted by Crippen LogP contribution is 2.37. The number of carbonyl (C=O) groups excluding carboxylic acids is 2. The Morgan fingerprint density at radius 1 is 1.07 bits per heavy atom. The lowest BCUT2D eigenvalue weighted by molar-refractivity contribution is 0.0526. The minimum atomic E-state index is -0.419. The van der Waals surface area contributed by atoms with Crippen molar-refractivity contribution in [2.75, 3.05) is 24.4 Å². The monoisotopic (exact) mass is 446 g/mol. The van der Waals surface area contributed by atoms with Gasteiger partial charge in [-0.05, 0) is 62.5 Å². The molecule has 2 aromatic rings. The highest BCUT2D eigenvalue weighted by Gasteiger charge is 2.25. The third-order valence-corrected chi connectivity index (χ3v) is 6.37. The standard InChI is InChI=1S/C22H26N2O4S2/c1-3-28-20(25)14-10-8-9-12-16(14)23-22(29)24-19-18(21(26)27-2)15-11-6-4-5-7-13-17(15)30-19/h8-10,12H,3-7,11,13H2,1-2H3,(H2,23,24,29). The fraction of sp³-hybridized carbons (Fsp3) is 0.409. The number of hydrogen-bond donors (Lipinski definition) is 2. The molecule has 0 aliphatic heterocycles. The predicted octanol–water partition coefficient (Wildman–Crippen LogP) is 5.18. The molecule has 0 amide bonds. The third kappa shape index (κ3) is 5.17. The van der Waals surface area contributed by atoms with E-state index in [1.54, 1.807) is 36.5 Å². The molecule has 0 saturated heterocycles. The first-order chi connectivity index (χ1) is 14.5. The molecular formula is C22H26N2O4S2. The second kappa shape index (κ2) is 10.5. The van der Waals surface area contributed by atoms with Crippen molar-refractivity contribution in [1.29, 1.82) is 0 Å². The van der Waals surface area contributed by atoms with Crippen LogP contribution in [-0.2, 0) is 22.3 Å². The summed E-state index contributed by atoms with van der Waals surface area (Å²) in [7, 11) is 1.39. The van der Waals surface area contributed by atoms with Crippen LogP contribution in [0.15, 0.2) is 24.3 Å². The molecule has 3 rings (SSSR count). The molecule has 8 heteroatoms. The summed E-state index contributed by atoms with van der Waals surface area (Å²) in [6.07, 6.45) is 6.37. The van der Waals surface area contributed by atoms with Gasteiger partial charge in [0.2, 0.25) is 0 Å². The van der Waals surface area contributed by atoms with Gasteiger partial charge in [-0.1, -0.05) is 25.0 Å². The van der Waals surface area contributed by atoms with E-state index in [0.29, 0.717) is 33.5 Å². The van der Waals surface area contributed by atoms with E-state index in [4.69, 9.17) is 21.7 Å². The lowest BCUT2D eigenvalue weighted by Gasteiger charge is -2.14. The maximum atomic E-state index is 12.5. The number of aryl methyl sites for hydroxylation is 1. The van der Waals surface area contributed by atoms with E-state index in [1.807, 2.05) is 6.07 Å². The van der Waals surface area contributed by atoms with Crippen LogP contribution in [-0.4, -0.2) is 30.8 Å². The highest BCUT2D eigenvalue weighted by atomic mass is 32.1.